The number of aromatic nitrogens is 3. The van der Waals surface area contributed by atoms with Crippen molar-refractivity contribution in [1.29, 1.82) is 0 Å². The molecule has 0 unspecified atom stereocenters. The highest BCUT2D eigenvalue weighted by atomic mass is 35.5. The smallest absolute Gasteiger partial charge is 0.203 e. The van der Waals surface area contributed by atoms with Crippen molar-refractivity contribution in [2.75, 3.05) is 5.32 Å². The molecule has 2 aromatic heterocycles. The largest absolute Gasteiger partial charge is 0.352 e. The van der Waals surface area contributed by atoms with E-state index in [9.17, 15) is 0 Å². The van der Waals surface area contributed by atoms with Crippen LogP contribution in [0.1, 0.15) is 5.56 Å². The Balaban J connectivity index is 0.00000133. The molecular formula is C14H15ClN4. The summed E-state index contributed by atoms with van der Waals surface area (Å²) in [6.07, 6.45) is 3.60. The van der Waals surface area contributed by atoms with Gasteiger partial charge in [-0.15, -0.1) is 12.4 Å². The number of imidazole rings is 1. The van der Waals surface area contributed by atoms with Crippen LogP contribution in [-0.2, 0) is 13.6 Å². The average molecular weight is 275 g/mol. The van der Waals surface area contributed by atoms with E-state index in [2.05, 4.69) is 25.9 Å². The highest BCUT2D eigenvalue weighted by molar-refractivity contribution is 5.85. The van der Waals surface area contributed by atoms with Crippen LogP contribution >= 0.6 is 12.4 Å². The van der Waals surface area contributed by atoms with Crippen LogP contribution in [0.4, 0.5) is 5.95 Å². The van der Waals surface area contributed by atoms with E-state index in [1.807, 2.05) is 37.4 Å². The van der Waals surface area contributed by atoms with Crippen molar-refractivity contribution in [2.45, 2.75) is 6.54 Å². The highest BCUT2D eigenvalue weighted by Crippen LogP contribution is 2.17. The molecule has 5 heteroatoms. The van der Waals surface area contributed by atoms with Gasteiger partial charge < -0.3 is 9.88 Å². The van der Waals surface area contributed by atoms with E-state index in [4.69, 9.17) is 0 Å². The minimum atomic E-state index is 0. The van der Waals surface area contributed by atoms with E-state index in [0.29, 0.717) is 0 Å². The fraction of sp³-hybridized carbons (Fsp3) is 0.143. The van der Waals surface area contributed by atoms with E-state index in [-0.39, 0.29) is 12.4 Å². The summed E-state index contributed by atoms with van der Waals surface area (Å²) in [5, 5.41) is 3.34. The summed E-state index contributed by atoms with van der Waals surface area (Å²) in [6.45, 7) is 0.750. The number of aryl methyl sites for hydroxylation is 1. The molecule has 0 bridgehead atoms. The topological polar surface area (TPSA) is 42.7 Å². The first kappa shape index (κ1) is 13.4. The minimum Gasteiger partial charge on any atom is -0.352 e. The quantitative estimate of drug-likeness (QED) is 0.798. The molecule has 0 aliphatic rings. The summed E-state index contributed by atoms with van der Waals surface area (Å²) in [4.78, 5) is 8.57. The molecule has 1 N–H and O–H groups in total. The zero-order valence-electron chi connectivity index (χ0n) is 10.6. The first-order chi connectivity index (χ1) is 8.84. The minimum absolute atomic E-state index is 0. The molecule has 0 amide bonds. The van der Waals surface area contributed by atoms with E-state index in [1.54, 1.807) is 12.4 Å². The normalized spacial score (nSPS) is 10.2. The third kappa shape index (κ3) is 2.69. The van der Waals surface area contributed by atoms with E-state index < -0.39 is 0 Å². The standard InChI is InChI=1S/C14H14N4.ClH/c1-18-13-5-3-2-4-12(13)17-14(18)16-10-11-6-8-15-9-7-11;/h2-9H,10H2,1H3,(H,16,17);1H. The number of anilines is 1. The summed E-state index contributed by atoms with van der Waals surface area (Å²) >= 11 is 0. The van der Waals surface area contributed by atoms with E-state index in [1.165, 1.54) is 5.56 Å². The van der Waals surface area contributed by atoms with Crippen LogP contribution in [0.2, 0.25) is 0 Å². The fourth-order valence-electron chi connectivity index (χ4n) is 1.99. The third-order valence-electron chi connectivity index (χ3n) is 2.99. The van der Waals surface area contributed by atoms with Gasteiger partial charge >= 0.3 is 0 Å². The molecule has 2 heterocycles. The number of hydrogen-bond acceptors (Lipinski definition) is 3. The second-order valence-electron chi connectivity index (χ2n) is 4.19. The number of rotatable bonds is 3. The SMILES string of the molecule is Cl.Cn1c(NCc2ccncc2)nc2ccccc21. The molecule has 0 saturated carbocycles. The number of halogens is 1. The Bertz CT molecular complexity index is 664. The van der Waals surface area contributed by atoms with Gasteiger partial charge in [-0.05, 0) is 29.8 Å². The number of nitrogens with one attached hydrogen (secondary N) is 1. The molecule has 3 aromatic rings. The summed E-state index contributed by atoms with van der Waals surface area (Å²) in [5.74, 6) is 0.882. The van der Waals surface area contributed by atoms with Crippen LogP contribution in [0.25, 0.3) is 11.0 Å². The van der Waals surface area contributed by atoms with Crippen molar-refractivity contribution in [3.05, 3.63) is 54.4 Å². The molecular weight excluding hydrogens is 260 g/mol. The summed E-state index contributed by atoms with van der Waals surface area (Å²) < 4.78 is 2.07. The lowest BCUT2D eigenvalue weighted by atomic mass is 10.3. The van der Waals surface area contributed by atoms with Gasteiger partial charge in [0.1, 0.15) is 0 Å². The maximum absolute atomic E-state index is 4.56. The van der Waals surface area contributed by atoms with Crippen LogP contribution in [0, 0.1) is 0 Å². The van der Waals surface area contributed by atoms with Crippen LogP contribution in [0.15, 0.2) is 48.8 Å². The molecule has 0 spiro atoms. The van der Waals surface area contributed by atoms with Crippen molar-refractivity contribution in [3.8, 4) is 0 Å². The molecule has 0 saturated heterocycles. The van der Waals surface area contributed by atoms with E-state index in [0.717, 1.165) is 23.5 Å². The number of fused-ring (bicyclic) bond motifs is 1. The summed E-state index contributed by atoms with van der Waals surface area (Å²) in [5.41, 5.74) is 3.34. The number of hydrogen-bond donors (Lipinski definition) is 1. The summed E-state index contributed by atoms with van der Waals surface area (Å²) in [6, 6.07) is 12.1. The van der Waals surface area contributed by atoms with Gasteiger partial charge in [0.15, 0.2) is 0 Å². The van der Waals surface area contributed by atoms with Gasteiger partial charge in [-0.2, -0.15) is 0 Å². The van der Waals surface area contributed by atoms with Gasteiger partial charge in [0.2, 0.25) is 5.95 Å². The first-order valence-electron chi connectivity index (χ1n) is 5.89. The van der Waals surface area contributed by atoms with E-state index >= 15 is 0 Å². The van der Waals surface area contributed by atoms with Gasteiger partial charge in [0, 0.05) is 26.0 Å². The van der Waals surface area contributed by atoms with Gasteiger partial charge in [0.25, 0.3) is 0 Å². The molecule has 0 fully saturated rings. The number of nitrogens with zero attached hydrogens (tertiary/aromatic N) is 3. The van der Waals surface area contributed by atoms with Gasteiger partial charge in [0.05, 0.1) is 11.0 Å². The maximum atomic E-state index is 4.56. The molecule has 19 heavy (non-hydrogen) atoms. The lowest BCUT2D eigenvalue weighted by Gasteiger charge is -2.05. The first-order valence-corrected chi connectivity index (χ1v) is 5.89. The molecule has 0 aliphatic heterocycles. The van der Waals surface area contributed by atoms with Crippen molar-refractivity contribution in [2.24, 2.45) is 7.05 Å². The van der Waals surface area contributed by atoms with Crippen LogP contribution in [0.5, 0.6) is 0 Å². The zero-order valence-corrected chi connectivity index (χ0v) is 11.4. The Labute approximate surface area is 117 Å². The Morgan fingerprint density at radius 1 is 1.11 bits per heavy atom. The second-order valence-corrected chi connectivity index (χ2v) is 4.19. The highest BCUT2D eigenvalue weighted by Gasteiger charge is 2.05. The van der Waals surface area contributed by atoms with Crippen molar-refractivity contribution < 1.29 is 0 Å². The molecule has 1 aromatic carbocycles. The number of pyridine rings is 1. The Morgan fingerprint density at radius 3 is 2.58 bits per heavy atom. The second kappa shape index (κ2) is 5.71. The molecule has 4 nitrogen and oxygen atoms in total. The third-order valence-corrected chi connectivity index (χ3v) is 2.99. The Hall–Kier alpha value is -2.07. The average Bonchev–Trinajstić information content (AvgIpc) is 2.75. The maximum Gasteiger partial charge on any atom is 0.203 e. The van der Waals surface area contributed by atoms with Crippen molar-refractivity contribution >= 4 is 29.4 Å². The van der Waals surface area contributed by atoms with Crippen LogP contribution in [-0.4, -0.2) is 14.5 Å². The molecule has 3 rings (SSSR count). The zero-order chi connectivity index (χ0) is 12.4. The fourth-order valence-corrected chi connectivity index (χ4v) is 1.99. The van der Waals surface area contributed by atoms with Gasteiger partial charge in [-0.3, -0.25) is 4.98 Å². The molecule has 0 radical (unpaired) electrons. The number of para-hydroxylation sites is 2. The van der Waals surface area contributed by atoms with Gasteiger partial charge in [-0.25, -0.2) is 4.98 Å². The van der Waals surface area contributed by atoms with Gasteiger partial charge in [-0.1, -0.05) is 12.1 Å². The Morgan fingerprint density at radius 2 is 1.84 bits per heavy atom. The van der Waals surface area contributed by atoms with Crippen LogP contribution < -0.4 is 5.32 Å². The van der Waals surface area contributed by atoms with Crippen molar-refractivity contribution in [3.63, 3.8) is 0 Å². The molecule has 98 valence electrons. The predicted molar refractivity (Wildman–Crippen MR) is 79.5 cm³/mol. The Kier molecular flexibility index (Phi) is 4.02. The monoisotopic (exact) mass is 274 g/mol. The molecule has 0 aliphatic carbocycles. The lowest BCUT2D eigenvalue weighted by molar-refractivity contribution is 0.927. The summed E-state index contributed by atoms with van der Waals surface area (Å²) in [7, 11) is 2.02. The van der Waals surface area contributed by atoms with Crippen molar-refractivity contribution in [1.82, 2.24) is 14.5 Å². The molecule has 0 atom stereocenters. The predicted octanol–water partition coefficient (Wildman–Crippen LogP) is 3.00. The number of benzene rings is 1. The van der Waals surface area contributed by atoms with Crippen LogP contribution in [0.3, 0.4) is 0 Å². The lowest BCUT2D eigenvalue weighted by Crippen LogP contribution is -2.04.